The van der Waals surface area contributed by atoms with Crippen LogP contribution in [-0.2, 0) is 11.3 Å². The number of carboxylic acid groups (broad SMARTS) is 1. The van der Waals surface area contributed by atoms with Gasteiger partial charge >= 0.3 is 5.97 Å². The summed E-state index contributed by atoms with van der Waals surface area (Å²) in [5, 5.41) is 14.6. The van der Waals surface area contributed by atoms with E-state index in [0.29, 0.717) is 6.54 Å². The van der Waals surface area contributed by atoms with Gasteiger partial charge in [-0.3, -0.25) is 4.79 Å². The lowest BCUT2D eigenvalue weighted by Gasteiger charge is -2.06. The number of hydrogen-bond donors (Lipinski definition) is 3. The molecule has 0 aliphatic heterocycles. The number of rotatable bonds is 7. The molecule has 0 atom stereocenters. The molecule has 1 amide bonds. The van der Waals surface area contributed by atoms with E-state index in [1.807, 2.05) is 6.92 Å². The summed E-state index contributed by atoms with van der Waals surface area (Å²) in [7, 11) is 0. The molecule has 5 nitrogen and oxygen atoms in total. The highest BCUT2D eigenvalue weighted by Crippen LogP contribution is 2.04. The highest BCUT2D eigenvalue weighted by molar-refractivity contribution is 5.87. The summed E-state index contributed by atoms with van der Waals surface area (Å²) >= 11 is 0. The Hall–Kier alpha value is -1.88. The van der Waals surface area contributed by atoms with Gasteiger partial charge in [-0.25, -0.2) is 4.79 Å². The standard InChI is InChI=1S/C13H18N2O3/c1-2-6-14-9-12(16)15-8-10-4-3-5-11(7-10)13(17)18/h3-5,7,14H,2,6,8-9H2,1H3,(H,15,16)(H,17,18). The maximum absolute atomic E-state index is 11.4. The Morgan fingerprint density at radius 2 is 2.11 bits per heavy atom. The summed E-state index contributed by atoms with van der Waals surface area (Å²) < 4.78 is 0. The molecule has 0 unspecified atom stereocenters. The molecule has 0 fully saturated rings. The van der Waals surface area contributed by atoms with E-state index in [1.165, 1.54) is 6.07 Å². The van der Waals surface area contributed by atoms with Crippen molar-refractivity contribution in [1.82, 2.24) is 10.6 Å². The lowest BCUT2D eigenvalue weighted by atomic mass is 10.1. The Balaban J connectivity index is 2.41. The summed E-state index contributed by atoms with van der Waals surface area (Å²) in [5.74, 6) is -1.06. The summed E-state index contributed by atoms with van der Waals surface area (Å²) in [5.41, 5.74) is 1.00. The molecule has 0 bridgehead atoms. The molecule has 98 valence electrons. The minimum atomic E-state index is -0.965. The van der Waals surface area contributed by atoms with E-state index in [1.54, 1.807) is 18.2 Å². The molecule has 0 saturated carbocycles. The number of nitrogens with one attached hydrogen (secondary N) is 2. The van der Waals surface area contributed by atoms with E-state index in [0.717, 1.165) is 18.5 Å². The van der Waals surface area contributed by atoms with E-state index >= 15 is 0 Å². The van der Waals surface area contributed by atoms with Crippen molar-refractivity contribution in [2.45, 2.75) is 19.9 Å². The van der Waals surface area contributed by atoms with Crippen LogP contribution in [0.2, 0.25) is 0 Å². The largest absolute Gasteiger partial charge is 0.478 e. The first-order chi connectivity index (χ1) is 8.63. The fourth-order valence-corrected chi connectivity index (χ4v) is 1.46. The number of carboxylic acids is 1. The van der Waals surface area contributed by atoms with Gasteiger partial charge in [0.2, 0.25) is 5.91 Å². The van der Waals surface area contributed by atoms with Crippen molar-refractivity contribution in [2.24, 2.45) is 0 Å². The van der Waals surface area contributed by atoms with Crippen molar-refractivity contribution < 1.29 is 14.7 Å². The quantitative estimate of drug-likeness (QED) is 0.631. The van der Waals surface area contributed by atoms with E-state index < -0.39 is 5.97 Å². The number of aromatic carboxylic acids is 1. The third-order valence-electron chi connectivity index (χ3n) is 2.38. The molecule has 0 radical (unpaired) electrons. The molecular weight excluding hydrogens is 232 g/mol. The lowest BCUT2D eigenvalue weighted by molar-refractivity contribution is -0.120. The maximum atomic E-state index is 11.4. The summed E-state index contributed by atoms with van der Waals surface area (Å²) in [6, 6.07) is 6.53. The predicted octanol–water partition coefficient (Wildman–Crippen LogP) is 1.00. The van der Waals surface area contributed by atoms with Crippen LogP contribution in [-0.4, -0.2) is 30.1 Å². The van der Waals surface area contributed by atoms with Gasteiger partial charge in [0.15, 0.2) is 0 Å². The summed E-state index contributed by atoms with van der Waals surface area (Å²) in [6.07, 6.45) is 0.980. The second-order valence-corrected chi connectivity index (χ2v) is 3.96. The van der Waals surface area contributed by atoms with E-state index in [2.05, 4.69) is 10.6 Å². The Bertz CT molecular complexity index is 418. The van der Waals surface area contributed by atoms with Gasteiger partial charge in [-0.05, 0) is 30.7 Å². The Morgan fingerprint density at radius 1 is 1.33 bits per heavy atom. The number of hydrogen-bond acceptors (Lipinski definition) is 3. The average Bonchev–Trinajstić information content (AvgIpc) is 2.37. The normalized spacial score (nSPS) is 10.1. The summed E-state index contributed by atoms with van der Waals surface area (Å²) in [4.78, 5) is 22.2. The molecule has 0 aliphatic carbocycles. The first-order valence-electron chi connectivity index (χ1n) is 5.93. The van der Waals surface area contributed by atoms with Gasteiger partial charge in [-0.2, -0.15) is 0 Å². The van der Waals surface area contributed by atoms with Gasteiger partial charge < -0.3 is 15.7 Å². The molecule has 0 aromatic heterocycles. The third-order valence-corrected chi connectivity index (χ3v) is 2.38. The molecular formula is C13H18N2O3. The first kappa shape index (κ1) is 14.2. The number of amides is 1. The van der Waals surface area contributed by atoms with Crippen molar-refractivity contribution in [3.05, 3.63) is 35.4 Å². The van der Waals surface area contributed by atoms with Crippen LogP contribution in [0.1, 0.15) is 29.3 Å². The maximum Gasteiger partial charge on any atom is 0.335 e. The minimum absolute atomic E-state index is 0.0934. The van der Waals surface area contributed by atoms with Gasteiger partial charge in [0.25, 0.3) is 0 Å². The Morgan fingerprint density at radius 3 is 2.78 bits per heavy atom. The minimum Gasteiger partial charge on any atom is -0.478 e. The van der Waals surface area contributed by atoms with Crippen LogP contribution in [0.5, 0.6) is 0 Å². The molecule has 5 heteroatoms. The second kappa shape index (κ2) is 7.45. The fourth-order valence-electron chi connectivity index (χ4n) is 1.46. The van der Waals surface area contributed by atoms with Crippen LogP contribution < -0.4 is 10.6 Å². The van der Waals surface area contributed by atoms with Crippen LogP contribution >= 0.6 is 0 Å². The highest BCUT2D eigenvalue weighted by atomic mass is 16.4. The van der Waals surface area contributed by atoms with Crippen molar-refractivity contribution in [2.75, 3.05) is 13.1 Å². The molecule has 1 rings (SSSR count). The van der Waals surface area contributed by atoms with Crippen molar-refractivity contribution in [3.63, 3.8) is 0 Å². The van der Waals surface area contributed by atoms with Crippen LogP contribution in [0, 0.1) is 0 Å². The van der Waals surface area contributed by atoms with Crippen LogP contribution in [0.25, 0.3) is 0 Å². The zero-order chi connectivity index (χ0) is 13.4. The average molecular weight is 250 g/mol. The summed E-state index contributed by atoms with van der Waals surface area (Å²) in [6.45, 7) is 3.46. The second-order valence-electron chi connectivity index (χ2n) is 3.96. The molecule has 0 spiro atoms. The molecule has 1 aromatic rings. The Labute approximate surface area is 106 Å². The van der Waals surface area contributed by atoms with Crippen LogP contribution in [0.4, 0.5) is 0 Å². The van der Waals surface area contributed by atoms with Crippen molar-refractivity contribution in [3.8, 4) is 0 Å². The SMILES string of the molecule is CCCNCC(=O)NCc1cccc(C(=O)O)c1. The van der Waals surface area contributed by atoms with E-state index in [-0.39, 0.29) is 18.0 Å². The smallest absolute Gasteiger partial charge is 0.335 e. The van der Waals surface area contributed by atoms with Crippen molar-refractivity contribution in [1.29, 1.82) is 0 Å². The van der Waals surface area contributed by atoms with Gasteiger partial charge in [0.1, 0.15) is 0 Å². The number of carbonyl (C=O) groups excluding carboxylic acids is 1. The topological polar surface area (TPSA) is 78.4 Å². The van der Waals surface area contributed by atoms with Gasteiger partial charge in [-0.1, -0.05) is 19.1 Å². The predicted molar refractivity (Wildman–Crippen MR) is 68.4 cm³/mol. The highest BCUT2D eigenvalue weighted by Gasteiger charge is 2.04. The lowest BCUT2D eigenvalue weighted by Crippen LogP contribution is -2.33. The zero-order valence-corrected chi connectivity index (χ0v) is 10.4. The molecule has 3 N–H and O–H groups in total. The van der Waals surface area contributed by atoms with Crippen LogP contribution in [0.15, 0.2) is 24.3 Å². The zero-order valence-electron chi connectivity index (χ0n) is 10.4. The molecule has 18 heavy (non-hydrogen) atoms. The number of benzene rings is 1. The monoisotopic (exact) mass is 250 g/mol. The molecule has 0 heterocycles. The van der Waals surface area contributed by atoms with Crippen molar-refractivity contribution >= 4 is 11.9 Å². The third kappa shape index (κ3) is 4.97. The first-order valence-corrected chi connectivity index (χ1v) is 5.93. The Kier molecular flexibility index (Phi) is 5.87. The van der Waals surface area contributed by atoms with E-state index in [9.17, 15) is 9.59 Å². The molecule has 1 aromatic carbocycles. The van der Waals surface area contributed by atoms with Gasteiger partial charge in [-0.15, -0.1) is 0 Å². The van der Waals surface area contributed by atoms with E-state index in [4.69, 9.17) is 5.11 Å². The number of carbonyl (C=O) groups is 2. The van der Waals surface area contributed by atoms with Crippen LogP contribution in [0.3, 0.4) is 0 Å². The fraction of sp³-hybridized carbons (Fsp3) is 0.385. The van der Waals surface area contributed by atoms with Gasteiger partial charge in [0.05, 0.1) is 12.1 Å². The molecule has 0 saturated heterocycles. The molecule has 0 aliphatic rings. The van der Waals surface area contributed by atoms with Gasteiger partial charge in [0, 0.05) is 6.54 Å².